The van der Waals surface area contributed by atoms with Gasteiger partial charge in [-0.15, -0.1) is 11.3 Å². The van der Waals surface area contributed by atoms with Crippen molar-refractivity contribution in [1.29, 1.82) is 0 Å². The number of amides is 1. The first-order valence-corrected chi connectivity index (χ1v) is 9.05. The van der Waals surface area contributed by atoms with Crippen molar-refractivity contribution in [3.05, 3.63) is 21.9 Å². The Morgan fingerprint density at radius 2 is 1.87 bits per heavy atom. The first-order chi connectivity index (χ1) is 10.5. The molecular weight excluding hydrogens is 308 g/mol. The third-order valence-corrected chi connectivity index (χ3v) is 4.76. The molecule has 0 fully saturated rings. The van der Waals surface area contributed by atoms with Crippen LogP contribution in [0.15, 0.2) is 12.1 Å². The molecule has 1 amide bonds. The third kappa shape index (κ3) is 7.84. The molecule has 0 aromatic carbocycles. The van der Waals surface area contributed by atoms with Gasteiger partial charge in [0.15, 0.2) is 0 Å². The third-order valence-electron chi connectivity index (χ3n) is 3.25. The summed E-state index contributed by atoms with van der Waals surface area (Å²) in [6.45, 7) is 14.8. The second-order valence-electron chi connectivity index (χ2n) is 7.95. The fourth-order valence-electron chi connectivity index (χ4n) is 1.96. The van der Waals surface area contributed by atoms with Crippen LogP contribution in [0.2, 0.25) is 0 Å². The maximum absolute atomic E-state index is 11.8. The van der Waals surface area contributed by atoms with Gasteiger partial charge in [0, 0.05) is 29.9 Å². The molecule has 0 aliphatic rings. The number of nitrogens with one attached hydrogen (secondary N) is 1. The van der Waals surface area contributed by atoms with Gasteiger partial charge >= 0.3 is 6.09 Å². The summed E-state index contributed by atoms with van der Waals surface area (Å²) in [5, 5.41) is 3.44. The number of carbonyl (C=O) groups is 1. The fraction of sp³-hybridized carbons (Fsp3) is 0.722. The molecule has 132 valence electrons. The molecule has 5 heteroatoms. The van der Waals surface area contributed by atoms with Gasteiger partial charge in [0.1, 0.15) is 5.60 Å². The molecule has 4 nitrogen and oxygen atoms in total. The molecule has 0 unspecified atom stereocenters. The topological polar surface area (TPSA) is 41.6 Å². The van der Waals surface area contributed by atoms with Gasteiger partial charge in [0.05, 0.1) is 0 Å². The Bertz CT molecular complexity index is 498. The van der Waals surface area contributed by atoms with E-state index < -0.39 is 5.60 Å². The maximum Gasteiger partial charge on any atom is 0.410 e. The van der Waals surface area contributed by atoms with Crippen molar-refractivity contribution in [2.45, 2.75) is 65.5 Å². The van der Waals surface area contributed by atoms with Crippen LogP contribution >= 0.6 is 11.3 Å². The van der Waals surface area contributed by atoms with Crippen molar-refractivity contribution in [3.63, 3.8) is 0 Å². The quantitative estimate of drug-likeness (QED) is 0.781. The van der Waals surface area contributed by atoms with Gasteiger partial charge in [-0.3, -0.25) is 0 Å². The number of carbonyl (C=O) groups excluding carboxylic acids is 1. The van der Waals surface area contributed by atoms with Crippen LogP contribution in [0.4, 0.5) is 4.79 Å². The fourth-order valence-corrected chi connectivity index (χ4v) is 3.00. The van der Waals surface area contributed by atoms with E-state index in [0.29, 0.717) is 6.54 Å². The lowest BCUT2D eigenvalue weighted by Gasteiger charge is -2.24. The summed E-state index contributed by atoms with van der Waals surface area (Å²) < 4.78 is 5.33. The van der Waals surface area contributed by atoms with Gasteiger partial charge in [-0.25, -0.2) is 4.79 Å². The van der Waals surface area contributed by atoms with E-state index in [0.717, 1.165) is 19.5 Å². The summed E-state index contributed by atoms with van der Waals surface area (Å²) in [7, 11) is 1.78. The van der Waals surface area contributed by atoms with Crippen molar-refractivity contribution in [2.75, 3.05) is 20.1 Å². The van der Waals surface area contributed by atoms with E-state index in [1.54, 1.807) is 11.9 Å². The van der Waals surface area contributed by atoms with Crippen molar-refractivity contribution >= 4 is 17.4 Å². The standard InChI is InChI=1S/C18H32N2O2S/c1-17(2,3)15-10-9-14(23-15)13-19-11-8-12-20(7)16(21)22-18(4,5)6/h9-10,19H,8,11-13H2,1-7H3. The van der Waals surface area contributed by atoms with Gasteiger partial charge in [-0.2, -0.15) is 0 Å². The van der Waals surface area contributed by atoms with Crippen LogP contribution in [0.5, 0.6) is 0 Å². The molecule has 0 aliphatic heterocycles. The first-order valence-electron chi connectivity index (χ1n) is 8.23. The van der Waals surface area contributed by atoms with Gasteiger partial charge in [-0.05, 0) is 51.3 Å². The predicted octanol–water partition coefficient (Wildman–Crippen LogP) is 4.39. The Labute approximate surface area is 145 Å². The molecule has 1 N–H and O–H groups in total. The summed E-state index contributed by atoms with van der Waals surface area (Å²) in [6, 6.07) is 4.42. The minimum absolute atomic E-state index is 0.221. The number of thiophene rings is 1. The molecule has 0 atom stereocenters. The first kappa shape index (κ1) is 20.0. The molecule has 0 saturated carbocycles. The van der Waals surface area contributed by atoms with E-state index in [4.69, 9.17) is 4.74 Å². The lowest BCUT2D eigenvalue weighted by Crippen LogP contribution is -2.35. The van der Waals surface area contributed by atoms with Crippen molar-refractivity contribution in [1.82, 2.24) is 10.2 Å². The van der Waals surface area contributed by atoms with Crippen molar-refractivity contribution < 1.29 is 9.53 Å². The highest BCUT2D eigenvalue weighted by molar-refractivity contribution is 7.12. The zero-order chi connectivity index (χ0) is 17.7. The zero-order valence-corrected chi connectivity index (χ0v) is 16.5. The van der Waals surface area contributed by atoms with Gasteiger partial charge in [0.25, 0.3) is 0 Å². The normalized spacial score (nSPS) is 12.3. The SMILES string of the molecule is CN(CCCNCc1ccc(C(C)(C)C)s1)C(=O)OC(C)(C)C. The number of hydrogen-bond donors (Lipinski definition) is 1. The molecular formula is C18H32N2O2S. The summed E-state index contributed by atoms with van der Waals surface area (Å²) in [5.74, 6) is 0. The Kier molecular flexibility index (Phi) is 7.08. The average molecular weight is 341 g/mol. The maximum atomic E-state index is 11.8. The van der Waals surface area contributed by atoms with Crippen LogP contribution in [-0.2, 0) is 16.7 Å². The van der Waals surface area contributed by atoms with Gasteiger partial charge in [0.2, 0.25) is 0 Å². The lowest BCUT2D eigenvalue weighted by molar-refractivity contribution is 0.0297. The smallest absolute Gasteiger partial charge is 0.410 e. The van der Waals surface area contributed by atoms with Crippen LogP contribution in [0.25, 0.3) is 0 Å². The van der Waals surface area contributed by atoms with E-state index in [2.05, 4.69) is 38.2 Å². The molecule has 23 heavy (non-hydrogen) atoms. The van der Waals surface area contributed by atoms with E-state index in [9.17, 15) is 4.79 Å². The second kappa shape index (κ2) is 8.15. The Balaban J connectivity index is 2.23. The molecule has 0 spiro atoms. The molecule has 0 bridgehead atoms. The highest BCUT2D eigenvalue weighted by atomic mass is 32.1. The number of rotatable bonds is 6. The minimum atomic E-state index is -0.437. The van der Waals surface area contributed by atoms with Crippen LogP contribution in [0, 0.1) is 0 Å². The number of ether oxygens (including phenoxy) is 1. The molecule has 0 saturated heterocycles. The van der Waals surface area contributed by atoms with Gasteiger partial charge < -0.3 is 15.0 Å². The van der Waals surface area contributed by atoms with E-state index in [-0.39, 0.29) is 11.5 Å². The van der Waals surface area contributed by atoms with Crippen LogP contribution in [-0.4, -0.2) is 36.7 Å². The molecule has 1 aromatic rings. The highest BCUT2D eigenvalue weighted by Crippen LogP contribution is 2.29. The average Bonchev–Trinajstić information content (AvgIpc) is 2.84. The molecule has 1 rings (SSSR count). The molecule has 1 heterocycles. The Morgan fingerprint density at radius 3 is 2.39 bits per heavy atom. The van der Waals surface area contributed by atoms with Crippen LogP contribution in [0.1, 0.15) is 57.7 Å². The summed E-state index contributed by atoms with van der Waals surface area (Å²) in [6.07, 6.45) is 0.651. The van der Waals surface area contributed by atoms with Crippen molar-refractivity contribution in [3.8, 4) is 0 Å². The lowest BCUT2D eigenvalue weighted by atomic mass is 9.95. The van der Waals surface area contributed by atoms with Crippen LogP contribution < -0.4 is 5.32 Å². The van der Waals surface area contributed by atoms with Gasteiger partial charge in [-0.1, -0.05) is 20.8 Å². The van der Waals surface area contributed by atoms with Crippen molar-refractivity contribution in [2.24, 2.45) is 0 Å². The second-order valence-corrected chi connectivity index (χ2v) is 9.12. The Hall–Kier alpha value is -1.07. The predicted molar refractivity (Wildman–Crippen MR) is 98.2 cm³/mol. The minimum Gasteiger partial charge on any atom is -0.444 e. The monoisotopic (exact) mass is 340 g/mol. The summed E-state index contributed by atoms with van der Waals surface area (Å²) in [4.78, 5) is 16.2. The molecule has 0 aliphatic carbocycles. The Morgan fingerprint density at radius 1 is 1.22 bits per heavy atom. The van der Waals surface area contributed by atoms with E-state index >= 15 is 0 Å². The van der Waals surface area contributed by atoms with Crippen LogP contribution in [0.3, 0.4) is 0 Å². The largest absolute Gasteiger partial charge is 0.444 e. The zero-order valence-electron chi connectivity index (χ0n) is 15.7. The number of nitrogens with zero attached hydrogens (tertiary/aromatic N) is 1. The summed E-state index contributed by atoms with van der Waals surface area (Å²) >= 11 is 1.87. The summed E-state index contributed by atoms with van der Waals surface area (Å²) in [5.41, 5.74) is -0.216. The highest BCUT2D eigenvalue weighted by Gasteiger charge is 2.19. The molecule has 0 radical (unpaired) electrons. The molecule has 1 aromatic heterocycles. The van der Waals surface area contributed by atoms with E-state index in [1.165, 1.54) is 9.75 Å². The van der Waals surface area contributed by atoms with E-state index in [1.807, 2.05) is 32.1 Å². The number of hydrogen-bond acceptors (Lipinski definition) is 4.